The maximum Gasteiger partial charge on any atom is 0.201 e. The van der Waals surface area contributed by atoms with Gasteiger partial charge < -0.3 is 35.3 Å². The minimum Gasteiger partial charge on any atom is -0.507 e. The summed E-state index contributed by atoms with van der Waals surface area (Å²) in [5.74, 6) is -1.77. The summed E-state index contributed by atoms with van der Waals surface area (Å²) < 4.78 is 17.3. The van der Waals surface area contributed by atoms with Crippen molar-refractivity contribution in [2.45, 2.75) is 69.4 Å². The Labute approximate surface area is 212 Å². The number of aromatic hydroxyl groups is 1. The van der Waals surface area contributed by atoms with Gasteiger partial charge in [-0.15, -0.1) is 0 Å². The third-order valence-electron chi connectivity index (χ3n) is 7.74. The van der Waals surface area contributed by atoms with Crippen molar-refractivity contribution in [3.05, 3.63) is 57.6 Å². The van der Waals surface area contributed by atoms with Crippen LogP contribution in [0.3, 0.4) is 0 Å². The number of benzene rings is 2. The lowest BCUT2D eigenvalue weighted by atomic mass is 9.72. The lowest BCUT2D eigenvalue weighted by molar-refractivity contribution is -0.466. The van der Waals surface area contributed by atoms with Gasteiger partial charge in [-0.25, -0.2) is 0 Å². The standard InChI is InChI=1S/C27H29NO9/c1-11-23(30)16(28)8-19(36-11)37-18-10-27(34,12(2)29)9-13-7-15-22(25(32)20(13)18)26(33)21-14(24(15)31)5-4-6-17(21)35-3/h4-7,11,16,18-19,23,30,32,34H,8-10,28H2,1-3H3/p+1/t11-,16-,18-,19-,23+,27-/m0/s1. The van der Waals surface area contributed by atoms with E-state index in [1.54, 1.807) is 19.1 Å². The van der Waals surface area contributed by atoms with Crippen LogP contribution in [0.1, 0.15) is 75.8 Å². The number of phenolic OH excluding ortho intramolecular Hbond substituents is 1. The van der Waals surface area contributed by atoms with Crippen molar-refractivity contribution in [3.8, 4) is 11.5 Å². The first-order valence-electron chi connectivity index (χ1n) is 12.2. The molecule has 0 saturated carbocycles. The van der Waals surface area contributed by atoms with Crippen molar-refractivity contribution >= 4 is 17.3 Å². The highest BCUT2D eigenvalue weighted by Gasteiger charge is 2.47. The van der Waals surface area contributed by atoms with Crippen LogP contribution in [0.2, 0.25) is 0 Å². The number of aliphatic hydroxyl groups excluding tert-OH is 1. The van der Waals surface area contributed by atoms with Crippen LogP contribution in [0, 0.1) is 0 Å². The molecule has 0 radical (unpaired) electrons. The second-order valence-electron chi connectivity index (χ2n) is 10.1. The van der Waals surface area contributed by atoms with Gasteiger partial charge in [0.05, 0.1) is 36.9 Å². The Morgan fingerprint density at radius 1 is 1.19 bits per heavy atom. The summed E-state index contributed by atoms with van der Waals surface area (Å²) in [5.41, 5.74) is 2.69. The molecule has 0 amide bonds. The molecule has 6 atom stereocenters. The highest BCUT2D eigenvalue weighted by molar-refractivity contribution is 6.30. The Bertz CT molecular complexity index is 1310. The van der Waals surface area contributed by atoms with Crippen LogP contribution in [-0.2, 0) is 20.7 Å². The van der Waals surface area contributed by atoms with Crippen LogP contribution < -0.4 is 10.5 Å². The molecule has 2 aliphatic carbocycles. The molecule has 0 aromatic heterocycles. The molecule has 1 aliphatic heterocycles. The number of fused-ring (bicyclic) bond motifs is 3. The fraction of sp³-hybridized carbons (Fsp3) is 0.444. The zero-order valence-electron chi connectivity index (χ0n) is 20.8. The van der Waals surface area contributed by atoms with E-state index in [2.05, 4.69) is 5.73 Å². The SMILES string of the molecule is COc1cccc2c1C(=O)c1c(cc3c(c1O)[C@@H](O[C@H]1C[C@H]([NH3+])[C@H](O)[C@H](C)O1)C[C@](O)(C(C)=O)C3)C2=O. The molecule has 6 N–H and O–H groups in total. The lowest BCUT2D eigenvalue weighted by Crippen LogP contribution is -2.71. The van der Waals surface area contributed by atoms with E-state index in [-0.39, 0.29) is 58.9 Å². The normalized spacial score (nSPS) is 30.8. The third kappa shape index (κ3) is 3.96. The second kappa shape index (κ2) is 9.00. The molecule has 0 bridgehead atoms. The summed E-state index contributed by atoms with van der Waals surface area (Å²) in [6, 6.07) is 5.75. The van der Waals surface area contributed by atoms with Gasteiger partial charge in [0.1, 0.15) is 29.2 Å². The van der Waals surface area contributed by atoms with E-state index in [1.807, 2.05) is 0 Å². The molecule has 196 valence electrons. The Morgan fingerprint density at radius 2 is 1.92 bits per heavy atom. The predicted octanol–water partition coefficient (Wildman–Crippen LogP) is 0.606. The van der Waals surface area contributed by atoms with E-state index in [4.69, 9.17) is 14.2 Å². The molecule has 10 nitrogen and oxygen atoms in total. The largest absolute Gasteiger partial charge is 0.507 e. The number of methoxy groups -OCH3 is 1. The van der Waals surface area contributed by atoms with E-state index in [0.29, 0.717) is 5.56 Å². The van der Waals surface area contributed by atoms with Gasteiger partial charge in [-0.2, -0.15) is 0 Å². The van der Waals surface area contributed by atoms with Gasteiger partial charge in [-0.1, -0.05) is 12.1 Å². The van der Waals surface area contributed by atoms with Crippen molar-refractivity contribution in [1.29, 1.82) is 0 Å². The van der Waals surface area contributed by atoms with Gasteiger partial charge in [0.25, 0.3) is 0 Å². The number of quaternary nitrogens is 1. The van der Waals surface area contributed by atoms with Crippen LogP contribution in [0.25, 0.3) is 0 Å². The number of ether oxygens (including phenoxy) is 3. The zero-order valence-corrected chi connectivity index (χ0v) is 20.8. The summed E-state index contributed by atoms with van der Waals surface area (Å²) in [6.45, 7) is 2.95. The van der Waals surface area contributed by atoms with Crippen molar-refractivity contribution < 1.29 is 49.6 Å². The van der Waals surface area contributed by atoms with Crippen molar-refractivity contribution in [1.82, 2.24) is 0 Å². The quantitative estimate of drug-likeness (QED) is 0.391. The van der Waals surface area contributed by atoms with Gasteiger partial charge in [-0.3, -0.25) is 14.4 Å². The minimum absolute atomic E-state index is 0.0166. The molecule has 3 aliphatic rings. The molecule has 1 heterocycles. The van der Waals surface area contributed by atoms with E-state index < -0.39 is 53.3 Å². The number of phenols is 1. The van der Waals surface area contributed by atoms with Crippen LogP contribution in [-0.4, -0.2) is 69.9 Å². The Balaban J connectivity index is 1.64. The Morgan fingerprint density at radius 3 is 2.57 bits per heavy atom. The number of ketones is 3. The van der Waals surface area contributed by atoms with Gasteiger partial charge in [0, 0.05) is 29.5 Å². The average Bonchev–Trinajstić information content (AvgIpc) is 2.84. The van der Waals surface area contributed by atoms with Gasteiger partial charge in [-0.05, 0) is 31.5 Å². The van der Waals surface area contributed by atoms with Crippen LogP contribution in [0.5, 0.6) is 11.5 Å². The molecule has 5 rings (SSSR count). The number of carbonyl (C=O) groups excluding carboxylic acids is 3. The molecule has 0 unspecified atom stereocenters. The number of rotatable bonds is 4. The van der Waals surface area contributed by atoms with Crippen molar-refractivity contribution in [3.63, 3.8) is 0 Å². The van der Waals surface area contributed by atoms with Crippen molar-refractivity contribution in [2.75, 3.05) is 7.11 Å². The first kappa shape index (κ1) is 25.5. The Kier molecular flexibility index (Phi) is 6.20. The molecule has 2 aromatic carbocycles. The number of hydrogen-bond donors (Lipinski definition) is 4. The Hall–Kier alpha value is -3.15. The number of Topliss-reactive ketones (excluding diaryl/α,β-unsaturated/α-hetero) is 1. The first-order chi connectivity index (χ1) is 17.5. The molecular formula is C27H30NO9+. The van der Waals surface area contributed by atoms with Crippen LogP contribution in [0.15, 0.2) is 24.3 Å². The maximum absolute atomic E-state index is 13.6. The van der Waals surface area contributed by atoms with E-state index in [9.17, 15) is 29.7 Å². The zero-order chi connectivity index (χ0) is 26.8. The van der Waals surface area contributed by atoms with E-state index in [0.717, 1.165) is 0 Å². The fourth-order valence-corrected chi connectivity index (χ4v) is 5.64. The highest BCUT2D eigenvalue weighted by atomic mass is 16.7. The topological polar surface area (TPSA) is 167 Å². The molecule has 0 spiro atoms. The number of hydrogen-bond acceptors (Lipinski definition) is 9. The third-order valence-corrected chi connectivity index (χ3v) is 7.74. The summed E-state index contributed by atoms with van der Waals surface area (Å²) in [6.07, 6.45) is -3.36. The lowest BCUT2D eigenvalue weighted by Gasteiger charge is -2.41. The fourth-order valence-electron chi connectivity index (χ4n) is 5.64. The van der Waals surface area contributed by atoms with Crippen molar-refractivity contribution in [2.24, 2.45) is 0 Å². The molecule has 1 fully saturated rings. The summed E-state index contributed by atoms with van der Waals surface area (Å²) in [7, 11) is 1.39. The smallest absolute Gasteiger partial charge is 0.201 e. The van der Waals surface area contributed by atoms with Gasteiger partial charge in [0.15, 0.2) is 17.9 Å². The predicted molar refractivity (Wildman–Crippen MR) is 127 cm³/mol. The van der Waals surface area contributed by atoms with Crippen LogP contribution >= 0.6 is 0 Å². The summed E-state index contributed by atoms with van der Waals surface area (Å²) >= 11 is 0. The average molecular weight is 513 g/mol. The maximum atomic E-state index is 13.6. The molecule has 10 heteroatoms. The van der Waals surface area contributed by atoms with E-state index >= 15 is 0 Å². The first-order valence-corrected chi connectivity index (χ1v) is 12.2. The number of carbonyl (C=O) groups is 3. The molecule has 1 saturated heterocycles. The summed E-state index contributed by atoms with van der Waals surface area (Å²) in [5, 5.41) is 32.9. The minimum atomic E-state index is -1.81. The second-order valence-corrected chi connectivity index (χ2v) is 10.1. The molecule has 2 aromatic rings. The van der Waals surface area contributed by atoms with Gasteiger partial charge >= 0.3 is 0 Å². The monoisotopic (exact) mass is 512 g/mol. The van der Waals surface area contributed by atoms with Crippen LogP contribution in [0.4, 0.5) is 0 Å². The molecular weight excluding hydrogens is 482 g/mol. The highest BCUT2D eigenvalue weighted by Crippen LogP contribution is 2.48. The van der Waals surface area contributed by atoms with E-state index in [1.165, 1.54) is 26.2 Å². The summed E-state index contributed by atoms with van der Waals surface area (Å²) in [4.78, 5) is 39.5. The van der Waals surface area contributed by atoms with Gasteiger partial charge in [0.2, 0.25) is 5.78 Å². The number of aliphatic hydroxyl groups is 2. The molecule has 37 heavy (non-hydrogen) atoms.